The molecule has 0 aliphatic heterocycles. The molecule has 0 fully saturated rings. The number of aromatic nitrogens is 1. The number of benzene rings is 2. The van der Waals surface area contributed by atoms with Crippen molar-refractivity contribution in [3.8, 4) is 0 Å². The normalized spacial score (nSPS) is 12.8. The van der Waals surface area contributed by atoms with E-state index in [1.165, 1.54) is 11.1 Å². The molecule has 0 aliphatic rings. The molecule has 0 amide bonds. The number of pyridine rings is 1. The fourth-order valence-electron chi connectivity index (χ4n) is 3.04. The van der Waals surface area contributed by atoms with Crippen LogP contribution < -0.4 is 0 Å². The van der Waals surface area contributed by atoms with Gasteiger partial charge in [-0.2, -0.15) is 0 Å². The summed E-state index contributed by atoms with van der Waals surface area (Å²) in [4.78, 5) is 4.06. The average molecular weight is 395 g/mol. The van der Waals surface area contributed by atoms with Crippen LogP contribution in [-0.4, -0.2) is 15.9 Å². The van der Waals surface area contributed by atoms with E-state index in [-0.39, 0.29) is 5.92 Å². The van der Waals surface area contributed by atoms with Crippen molar-refractivity contribution < 1.29 is 5.21 Å². The Morgan fingerprint density at radius 2 is 1.72 bits per heavy atom. The highest BCUT2D eigenvalue weighted by Gasteiger charge is 2.22. The largest absolute Gasteiger partial charge is 0.411 e. The standard InChI is InChI=1S/C21H19BrN2O/c1-15-4-2-3-5-19(15)20(14-16-6-8-18(22)9-7-16)21(24-25)17-10-12-23-13-11-17/h2-13,20,25H,14H2,1H3/b24-21+. The third-order valence-corrected chi connectivity index (χ3v) is 4.86. The van der Waals surface area contributed by atoms with E-state index in [2.05, 4.69) is 57.3 Å². The molecule has 0 spiro atoms. The second-order valence-corrected chi connectivity index (χ2v) is 6.88. The minimum absolute atomic E-state index is 0.0465. The summed E-state index contributed by atoms with van der Waals surface area (Å²) < 4.78 is 1.05. The molecule has 0 saturated heterocycles. The molecule has 1 N–H and O–H groups in total. The van der Waals surface area contributed by atoms with Crippen LogP contribution in [0.25, 0.3) is 0 Å². The van der Waals surface area contributed by atoms with Gasteiger partial charge < -0.3 is 5.21 Å². The Balaban J connectivity index is 2.05. The van der Waals surface area contributed by atoms with Crippen LogP contribution in [0, 0.1) is 6.92 Å². The van der Waals surface area contributed by atoms with Gasteiger partial charge in [-0.1, -0.05) is 57.5 Å². The van der Waals surface area contributed by atoms with Crippen molar-refractivity contribution in [2.45, 2.75) is 19.3 Å². The maximum absolute atomic E-state index is 9.78. The van der Waals surface area contributed by atoms with E-state index in [0.29, 0.717) is 5.71 Å². The molecule has 1 aromatic heterocycles. The van der Waals surface area contributed by atoms with E-state index in [0.717, 1.165) is 22.0 Å². The van der Waals surface area contributed by atoms with Gasteiger partial charge in [0.15, 0.2) is 0 Å². The van der Waals surface area contributed by atoms with Gasteiger partial charge in [-0.25, -0.2) is 0 Å². The highest BCUT2D eigenvalue weighted by atomic mass is 79.9. The smallest absolute Gasteiger partial charge is 0.0946 e. The van der Waals surface area contributed by atoms with E-state index >= 15 is 0 Å². The third kappa shape index (κ3) is 4.15. The molecule has 4 heteroatoms. The highest BCUT2D eigenvalue weighted by molar-refractivity contribution is 9.10. The summed E-state index contributed by atoms with van der Waals surface area (Å²) >= 11 is 3.48. The number of oxime groups is 1. The first-order valence-corrected chi connectivity index (χ1v) is 8.90. The monoisotopic (exact) mass is 394 g/mol. The number of hydrogen-bond donors (Lipinski definition) is 1. The minimum atomic E-state index is -0.0465. The van der Waals surface area contributed by atoms with Crippen LogP contribution in [0.4, 0.5) is 0 Å². The predicted octanol–water partition coefficient (Wildman–Crippen LogP) is 5.36. The van der Waals surface area contributed by atoms with Crippen LogP contribution in [0.1, 0.15) is 28.2 Å². The van der Waals surface area contributed by atoms with Crippen molar-refractivity contribution >= 4 is 21.6 Å². The molecular weight excluding hydrogens is 376 g/mol. The lowest BCUT2D eigenvalue weighted by Gasteiger charge is -2.21. The van der Waals surface area contributed by atoms with Crippen molar-refractivity contribution in [1.29, 1.82) is 0 Å². The maximum Gasteiger partial charge on any atom is 0.0946 e. The fourth-order valence-corrected chi connectivity index (χ4v) is 3.30. The number of hydrogen-bond acceptors (Lipinski definition) is 3. The van der Waals surface area contributed by atoms with Gasteiger partial charge in [0.2, 0.25) is 0 Å². The van der Waals surface area contributed by atoms with Crippen molar-refractivity contribution in [3.63, 3.8) is 0 Å². The van der Waals surface area contributed by atoms with Crippen LogP contribution >= 0.6 is 15.9 Å². The summed E-state index contributed by atoms with van der Waals surface area (Å²) in [5.74, 6) is -0.0465. The molecule has 1 unspecified atom stereocenters. The molecule has 3 aromatic rings. The number of rotatable bonds is 5. The molecule has 0 radical (unpaired) electrons. The molecular formula is C21H19BrN2O. The van der Waals surface area contributed by atoms with E-state index < -0.39 is 0 Å². The van der Waals surface area contributed by atoms with Gasteiger partial charge in [-0.15, -0.1) is 0 Å². The number of halogens is 1. The van der Waals surface area contributed by atoms with Crippen molar-refractivity contribution in [3.05, 3.63) is 99.8 Å². The molecule has 0 bridgehead atoms. The first kappa shape index (κ1) is 17.4. The Kier molecular flexibility index (Phi) is 5.61. The summed E-state index contributed by atoms with van der Waals surface area (Å²) in [5.41, 5.74) is 5.06. The SMILES string of the molecule is Cc1ccccc1C(Cc1ccc(Br)cc1)/C(=N/O)c1ccncc1. The van der Waals surface area contributed by atoms with Gasteiger partial charge in [-0.3, -0.25) is 4.98 Å². The lowest BCUT2D eigenvalue weighted by Crippen LogP contribution is -2.18. The zero-order valence-electron chi connectivity index (χ0n) is 13.9. The van der Waals surface area contributed by atoms with Gasteiger partial charge in [-0.05, 0) is 54.3 Å². The average Bonchev–Trinajstić information content (AvgIpc) is 2.65. The van der Waals surface area contributed by atoms with Crippen LogP contribution in [0.3, 0.4) is 0 Å². The highest BCUT2D eigenvalue weighted by Crippen LogP contribution is 2.29. The van der Waals surface area contributed by atoms with Crippen LogP contribution in [0.5, 0.6) is 0 Å². The molecule has 25 heavy (non-hydrogen) atoms. The Morgan fingerprint density at radius 3 is 2.36 bits per heavy atom. The topological polar surface area (TPSA) is 45.5 Å². The van der Waals surface area contributed by atoms with E-state index in [4.69, 9.17) is 0 Å². The van der Waals surface area contributed by atoms with Gasteiger partial charge in [0, 0.05) is 28.3 Å². The van der Waals surface area contributed by atoms with Crippen molar-refractivity contribution in [2.75, 3.05) is 0 Å². The minimum Gasteiger partial charge on any atom is -0.411 e. The molecule has 1 heterocycles. The molecule has 3 nitrogen and oxygen atoms in total. The maximum atomic E-state index is 9.78. The summed E-state index contributed by atoms with van der Waals surface area (Å²) in [6.45, 7) is 2.09. The quantitative estimate of drug-likeness (QED) is 0.359. The first-order valence-electron chi connectivity index (χ1n) is 8.11. The van der Waals surface area contributed by atoms with Crippen molar-refractivity contribution in [1.82, 2.24) is 4.98 Å². The second-order valence-electron chi connectivity index (χ2n) is 5.96. The van der Waals surface area contributed by atoms with E-state index in [9.17, 15) is 5.21 Å². The molecule has 126 valence electrons. The van der Waals surface area contributed by atoms with Gasteiger partial charge in [0.05, 0.1) is 5.71 Å². The lowest BCUT2D eigenvalue weighted by atomic mass is 9.83. The third-order valence-electron chi connectivity index (χ3n) is 4.33. The van der Waals surface area contributed by atoms with Gasteiger partial charge >= 0.3 is 0 Å². The molecule has 0 aliphatic carbocycles. The fraction of sp³-hybridized carbons (Fsp3) is 0.143. The van der Waals surface area contributed by atoms with Gasteiger partial charge in [0.25, 0.3) is 0 Å². The Labute approximate surface area is 156 Å². The van der Waals surface area contributed by atoms with Crippen LogP contribution in [0.15, 0.2) is 82.7 Å². The molecule has 3 rings (SSSR count). The zero-order chi connectivity index (χ0) is 17.6. The summed E-state index contributed by atoms with van der Waals surface area (Å²) in [5, 5.41) is 13.5. The second kappa shape index (κ2) is 8.08. The summed E-state index contributed by atoms with van der Waals surface area (Å²) in [6.07, 6.45) is 4.18. The first-order chi connectivity index (χ1) is 12.2. The molecule has 2 aromatic carbocycles. The predicted molar refractivity (Wildman–Crippen MR) is 104 cm³/mol. The summed E-state index contributed by atoms with van der Waals surface area (Å²) in [7, 11) is 0. The number of aryl methyl sites for hydroxylation is 1. The van der Waals surface area contributed by atoms with E-state index in [1.54, 1.807) is 12.4 Å². The van der Waals surface area contributed by atoms with Gasteiger partial charge in [0.1, 0.15) is 0 Å². The lowest BCUT2D eigenvalue weighted by molar-refractivity contribution is 0.317. The van der Waals surface area contributed by atoms with Crippen LogP contribution in [0.2, 0.25) is 0 Å². The Hall–Kier alpha value is -2.46. The van der Waals surface area contributed by atoms with Crippen LogP contribution in [-0.2, 0) is 6.42 Å². The Morgan fingerprint density at radius 1 is 1.04 bits per heavy atom. The molecule has 1 atom stereocenters. The Bertz CT molecular complexity index is 861. The van der Waals surface area contributed by atoms with Crippen molar-refractivity contribution in [2.24, 2.45) is 5.16 Å². The molecule has 0 saturated carbocycles. The van der Waals surface area contributed by atoms with E-state index in [1.807, 2.05) is 36.4 Å². The summed E-state index contributed by atoms with van der Waals surface area (Å²) in [6, 6.07) is 20.3. The zero-order valence-corrected chi connectivity index (χ0v) is 15.5. The number of nitrogens with zero attached hydrogens (tertiary/aromatic N) is 2.